The van der Waals surface area contributed by atoms with Crippen molar-refractivity contribution in [3.63, 3.8) is 0 Å². The first kappa shape index (κ1) is 20.3. The van der Waals surface area contributed by atoms with E-state index in [1.165, 1.54) is 48.5 Å². The Morgan fingerprint density at radius 2 is 1.48 bits per heavy atom. The first-order valence-electron chi connectivity index (χ1n) is 9.28. The summed E-state index contributed by atoms with van der Waals surface area (Å²) < 4.78 is 49.7. The molecule has 5 nitrogen and oxygen atoms in total. The van der Waals surface area contributed by atoms with Crippen LogP contribution in [0.1, 0.15) is 49.1 Å². The monoisotopic (exact) mass is 425 g/mol. The van der Waals surface area contributed by atoms with Crippen molar-refractivity contribution < 1.29 is 32.3 Å². The molecule has 1 N–H and O–H groups in total. The summed E-state index contributed by atoms with van der Waals surface area (Å²) in [6.07, 6.45) is 0. The minimum atomic E-state index is -1.65. The summed E-state index contributed by atoms with van der Waals surface area (Å²) in [5.74, 6) is -7.24. The summed E-state index contributed by atoms with van der Waals surface area (Å²) in [7, 11) is 0. The topological polar surface area (TPSA) is 72.5 Å². The average Bonchev–Trinajstić information content (AvgIpc) is 2.78. The van der Waals surface area contributed by atoms with Crippen LogP contribution in [0, 0.1) is 17.5 Å². The number of ether oxygens (including phenoxy) is 1. The molecule has 8 heteroatoms. The summed E-state index contributed by atoms with van der Waals surface area (Å²) in [4.78, 5) is 37.3. The maximum absolute atomic E-state index is 15.2. The highest BCUT2D eigenvalue weighted by Gasteiger charge is 2.38. The molecule has 0 unspecified atom stereocenters. The lowest BCUT2D eigenvalue weighted by molar-refractivity contribution is 0.0526. The molecule has 0 aliphatic heterocycles. The Morgan fingerprint density at radius 1 is 0.871 bits per heavy atom. The summed E-state index contributed by atoms with van der Waals surface area (Å²) in [5, 5.41) is 2.37. The van der Waals surface area contributed by atoms with Crippen molar-refractivity contribution in [2.75, 3.05) is 11.9 Å². The van der Waals surface area contributed by atoms with Gasteiger partial charge in [-0.3, -0.25) is 9.59 Å². The predicted molar refractivity (Wildman–Crippen MR) is 105 cm³/mol. The number of rotatable bonds is 4. The molecule has 0 amide bonds. The van der Waals surface area contributed by atoms with Crippen LogP contribution in [0.15, 0.2) is 48.5 Å². The van der Waals surface area contributed by atoms with E-state index in [0.717, 1.165) is 0 Å². The fraction of sp³-hybridized carbons (Fsp3) is 0.0870. The lowest BCUT2D eigenvalue weighted by Crippen LogP contribution is -2.25. The van der Waals surface area contributed by atoms with Crippen LogP contribution >= 0.6 is 0 Å². The van der Waals surface area contributed by atoms with Crippen molar-refractivity contribution in [2.45, 2.75) is 6.92 Å². The number of ketones is 2. The number of anilines is 2. The van der Waals surface area contributed by atoms with Gasteiger partial charge in [0.2, 0.25) is 0 Å². The van der Waals surface area contributed by atoms with Gasteiger partial charge in [0.05, 0.1) is 23.3 Å². The molecular weight excluding hydrogens is 411 g/mol. The van der Waals surface area contributed by atoms with Crippen molar-refractivity contribution in [1.29, 1.82) is 0 Å². The number of benzene rings is 3. The molecule has 1 aliphatic rings. The Balaban J connectivity index is 1.83. The number of fused-ring (bicyclic) bond motifs is 2. The zero-order valence-corrected chi connectivity index (χ0v) is 16.1. The zero-order valence-electron chi connectivity index (χ0n) is 16.1. The lowest BCUT2D eigenvalue weighted by Gasteiger charge is -2.21. The van der Waals surface area contributed by atoms with Crippen molar-refractivity contribution in [1.82, 2.24) is 0 Å². The van der Waals surface area contributed by atoms with E-state index in [1.54, 1.807) is 6.92 Å². The van der Waals surface area contributed by atoms with Crippen LogP contribution in [-0.2, 0) is 4.74 Å². The Hall–Kier alpha value is -3.94. The molecule has 0 saturated heterocycles. The molecule has 4 rings (SSSR count). The molecule has 0 aromatic heterocycles. The fourth-order valence-corrected chi connectivity index (χ4v) is 3.43. The maximum atomic E-state index is 15.2. The Labute approximate surface area is 174 Å². The number of halogens is 3. The molecule has 0 heterocycles. The van der Waals surface area contributed by atoms with E-state index in [4.69, 9.17) is 4.74 Å². The van der Waals surface area contributed by atoms with E-state index in [2.05, 4.69) is 5.32 Å². The highest BCUT2D eigenvalue weighted by atomic mass is 19.2. The lowest BCUT2D eigenvalue weighted by atomic mass is 9.83. The molecular formula is C23H14F3NO4. The number of hydrogen-bond donors (Lipinski definition) is 1. The van der Waals surface area contributed by atoms with E-state index in [-0.39, 0.29) is 29.0 Å². The second kappa shape index (κ2) is 7.71. The smallest absolute Gasteiger partial charge is 0.338 e. The van der Waals surface area contributed by atoms with E-state index in [9.17, 15) is 23.2 Å². The quantitative estimate of drug-likeness (QED) is 0.376. The molecule has 0 spiro atoms. The summed E-state index contributed by atoms with van der Waals surface area (Å²) in [6.45, 7) is 1.75. The number of hydrogen-bond acceptors (Lipinski definition) is 5. The van der Waals surface area contributed by atoms with Gasteiger partial charge in [-0.2, -0.15) is 0 Å². The molecule has 0 bridgehead atoms. The van der Waals surface area contributed by atoms with Crippen LogP contribution in [-0.4, -0.2) is 24.1 Å². The highest BCUT2D eigenvalue weighted by molar-refractivity contribution is 6.28. The predicted octanol–water partition coefficient (Wildman–Crippen LogP) is 4.80. The Bertz CT molecular complexity index is 1270. The van der Waals surface area contributed by atoms with Crippen LogP contribution < -0.4 is 5.32 Å². The highest BCUT2D eigenvalue weighted by Crippen LogP contribution is 2.37. The standard InChI is InChI=1S/C23H14F3NO4/c1-2-31-23(30)11-6-5-7-12(10-11)27-20-18(25)16-15(17(24)19(20)26)21(28)13-8-3-4-9-14(13)22(16)29/h3-10,27H,2H2,1H3. The summed E-state index contributed by atoms with van der Waals surface area (Å²) in [6, 6.07) is 11.1. The number of carbonyl (C=O) groups is 3. The fourth-order valence-electron chi connectivity index (χ4n) is 3.43. The number of esters is 1. The molecule has 0 fully saturated rings. The van der Waals surface area contributed by atoms with Gasteiger partial charge in [-0.1, -0.05) is 30.3 Å². The molecule has 156 valence electrons. The molecule has 1 aliphatic carbocycles. The van der Waals surface area contributed by atoms with Gasteiger partial charge in [0.1, 0.15) is 5.69 Å². The zero-order chi connectivity index (χ0) is 22.3. The van der Waals surface area contributed by atoms with Crippen LogP contribution in [0.2, 0.25) is 0 Å². The normalized spacial score (nSPS) is 12.3. The van der Waals surface area contributed by atoms with Crippen molar-refractivity contribution in [3.8, 4) is 0 Å². The molecule has 0 radical (unpaired) electrons. The van der Waals surface area contributed by atoms with E-state index >= 15 is 4.39 Å². The Morgan fingerprint density at radius 3 is 2.10 bits per heavy atom. The van der Waals surface area contributed by atoms with E-state index in [0.29, 0.717) is 0 Å². The van der Waals surface area contributed by atoms with E-state index < -0.39 is 51.8 Å². The van der Waals surface area contributed by atoms with Crippen molar-refractivity contribution in [2.24, 2.45) is 0 Å². The molecule has 31 heavy (non-hydrogen) atoms. The van der Waals surface area contributed by atoms with Gasteiger partial charge in [-0.25, -0.2) is 18.0 Å². The van der Waals surface area contributed by atoms with Crippen LogP contribution in [0.3, 0.4) is 0 Å². The second-order valence-electron chi connectivity index (χ2n) is 6.70. The molecule has 3 aromatic rings. The third kappa shape index (κ3) is 3.26. The molecule has 3 aromatic carbocycles. The van der Waals surface area contributed by atoms with E-state index in [1.807, 2.05) is 0 Å². The van der Waals surface area contributed by atoms with Crippen molar-refractivity contribution in [3.05, 3.63) is 93.8 Å². The van der Waals surface area contributed by atoms with Crippen LogP contribution in [0.5, 0.6) is 0 Å². The third-order valence-corrected chi connectivity index (χ3v) is 4.83. The molecule has 0 saturated carbocycles. The maximum Gasteiger partial charge on any atom is 0.338 e. The molecule has 0 atom stereocenters. The largest absolute Gasteiger partial charge is 0.462 e. The van der Waals surface area contributed by atoms with Crippen LogP contribution in [0.4, 0.5) is 24.5 Å². The van der Waals surface area contributed by atoms with Gasteiger partial charge >= 0.3 is 5.97 Å². The van der Waals surface area contributed by atoms with Gasteiger partial charge in [-0.05, 0) is 25.1 Å². The van der Waals surface area contributed by atoms with Gasteiger partial charge in [-0.15, -0.1) is 0 Å². The van der Waals surface area contributed by atoms with Gasteiger partial charge in [0.15, 0.2) is 29.0 Å². The van der Waals surface area contributed by atoms with Gasteiger partial charge in [0, 0.05) is 16.8 Å². The Kier molecular flexibility index (Phi) is 5.06. The summed E-state index contributed by atoms with van der Waals surface area (Å²) in [5.41, 5.74) is -2.79. The minimum absolute atomic E-state index is 0.0534. The number of carbonyl (C=O) groups excluding carboxylic acids is 3. The SMILES string of the molecule is CCOC(=O)c1cccc(Nc2c(F)c(F)c3c(c2F)C(=O)c2ccccc2C3=O)c1. The minimum Gasteiger partial charge on any atom is -0.462 e. The first-order chi connectivity index (χ1) is 14.8. The van der Waals surface area contributed by atoms with Crippen molar-refractivity contribution >= 4 is 28.9 Å². The third-order valence-electron chi connectivity index (χ3n) is 4.83. The van der Waals surface area contributed by atoms with Gasteiger partial charge < -0.3 is 10.1 Å². The number of nitrogens with one attached hydrogen (secondary N) is 1. The average molecular weight is 425 g/mol. The van der Waals surface area contributed by atoms with Crippen LogP contribution in [0.25, 0.3) is 0 Å². The van der Waals surface area contributed by atoms with Gasteiger partial charge in [0.25, 0.3) is 0 Å². The summed E-state index contributed by atoms with van der Waals surface area (Å²) >= 11 is 0. The first-order valence-corrected chi connectivity index (χ1v) is 9.28. The second-order valence-corrected chi connectivity index (χ2v) is 6.70.